The molecule has 7 nitrogen and oxygen atoms in total. The number of unbranched alkanes of at least 4 members (excludes halogenated alkanes) is 1. The van der Waals surface area contributed by atoms with Crippen molar-refractivity contribution in [3.63, 3.8) is 0 Å². The number of carbonyl (C=O) groups is 2. The quantitative estimate of drug-likeness (QED) is 0.377. The van der Waals surface area contributed by atoms with Crippen LogP contribution in [0.1, 0.15) is 25.7 Å². The van der Waals surface area contributed by atoms with Crippen LogP contribution in [0.15, 0.2) is 0 Å². The smallest absolute Gasteiger partial charge is 0.303 e. The minimum absolute atomic E-state index is 0.0628. The molecule has 0 radical (unpaired) electrons. The summed E-state index contributed by atoms with van der Waals surface area (Å²) in [6, 6.07) is 0. The van der Waals surface area contributed by atoms with Crippen molar-refractivity contribution in [2.24, 2.45) is 0 Å². The fraction of sp³-hybridized carbons (Fsp3) is 0.800. The maximum absolute atomic E-state index is 9.90. The van der Waals surface area contributed by atoms with Crippen molar-refractivity contribution in [2.45, 2.75) is 25.7 Å². The van der Waals surface area contributed by atoms with Crippen LogP contribution in [-0.4, -0.2) is 58.8 Å². The molecule has 7 heteroatoms. The maximum Gasteiger partial charge on any atom is 0.303 e. The standard InChI is InChI=1S/C6H10O4.C2H6O2.C2H4O/c7-5(8)3-1-2-4-6(9)10;3-1-2-4;1-2-3-1/h1-4H2,(H,7,8)(H,9,10);3-4H,1-2H2;1-2H2. The second-order valence-electron chi connectivity index (χ2n) is 3.05. The number of aliphatic hydroxyl groups is 2. The highest BCUT2D eigenvalue weighted by molar-refractivity contribution is 5.67. The van der Waals surface area contributed by atoms with Crippen molar-refractivity contribution in [1.29, 1.82) is 0 Å². The normalized spacial score (nSPS) is 11.4. The Morgan fingerprint density at radius 2 is 1.18 bits per heavy atom. The second kappa shape index (κ2) is 14.8. The number of ether oxygens (including phenoxy) is 1. The summed E-state index contributed by atoms with van der Waals surface area (Å²) >= 11 is 0. The number of aliphatic carboxylic acids is 2. The molecule has 0 aromatic rings. The van der Waals surface area contributed by atoms with Crippen molar-refractivity contribution in [3.05, 3.63) is 0 Å². The van der Waals surface area contributed by atoms with Crippen LogP contribution < -0.4 is 0 Å². The molecule has 1 saturated heterocycles. The van der Waals surface area contributed by atoms with Crippen LogP contribution in [0.4, 0.5) is 0 Å². The summed E-state index contributed by atoms with van der Waals surface area (Å²) in [6.45, 7) is 1.75. The average molecular weight is 252 g/mol. The van der Waals surface area contributed by atoms with E-state index < -0.39 is 11.9 Å². The lowest BCUT2D eigenvalue weighted by Crippen LogP contribution is -1.97. The summed E-state index contributed by atoms with van der Waals surface area (Å²) in [6.07, 6.45) is 1.02. The third-order valence-corrected chi connectivity index (χ3v) is 1.34. The van der Waals surface area contributed by atoms with E-state index in [0.29, 0.717) is 12.8 Å². The minimum atomic E-state index is -0.870. The lowest BCUT2D eigenvalue weighted by atomic mass is 10.2. The van der Waals surface area contributed by atoms with Crippen LogP contribution in [0.2, 0.25) is 0 Å². The summed E-state index contributed by atoms with van der Waals surface area (Å²) in [4.78, 5) is 19.8. The molecule has 102 valence electrons. The van der Waals surface area contributed by atoms with Gasteiger partial charge in [0.05, 0.1) is 26.4 Å². The Morgan fingerprint density at radius 1 is 0.882 bits per heavy atom. The molecular formula is C10H20O7. The molecule has 0 saturated carbocycles. The number of carboxylic acid groups (broad SMARTS) is 2. The molecule has 4 N–H and O–H groups in total. The Bertz CT molecular complexity index is 170. The minimum Gasteiger partial charge on any atom is -0.481 e. The molecule has 0 aromatic heterocycles. The first-order chi connectivity index (χ1) is 8.04. The predicted molar refractivity (Wildman–Crippen MR) is 58.7 cm³/mol. The largest absolute Gasteiger partial charge is 0.481 e. The zero-order chi connectivity index (χ0) is 13.5. The number of aliphatic hydroxyl groups excluding tert-OH is 2. The SMILES string of the molecule is C1CO1.O=C(O)CCCCC(=O)O.OCCO. The Balaban J connectivity index is 0. The number of hydrogen-bond donors (Lipinski definition) is 4. The first-order valence-corrected chi connectivity index (χ1v) is 5.27. The highest BCUT2D eigenvalue weighted by Crippen LogP contribution is 1.98. The second-order valence-corrected chi connectivity index (χ2v) is 3.05. The molecule has 1 heterocycles. The van der Waals surface area contributed by atoms with E-state index in [2.05, 4.69) is 4.74 Å². The van der Waals surface area contributed by atoms with E-state index in [0.717, 1.165) is 13.2 Å². The molecule has 1 rings (SSSR count). The zero-order valence-corrected chi connectivity index (χ0v) is 9.67. The van der Waals surface area contributed by atoms with Gasteiger partial charge in [-0.3, -0.25) is 9.59 Å². The van der Waals surface area contributed by atoms with Gasteiger partial charge in [0.1, 0.15) is 0 Å². The fourth-order valence-corrected chi connectivity index (χ4v) is 0.552. The topological polar surface area (TPSA) is 128 Å². The molecular weight excluding hydrogens is 232 g/mol. The highest BCUT2D eigenvalue weighted by Gasteiger charge is 1.99. The fourth-order valence-electron chi connectivity index (χ4n) is 0.552. The summed E-state index contributed by atoms with van der Waals surface area (Å²) in [5.74, 6) is -1.74. The lowest BCUT2D eigenvalue weighted by molar-refractivity contribution is -0.139. The van der Waals surface area contributed by atoms with Gasteiger partial charge in [0.25, 0.3) is 0 Å². The van der Waals surface area contributed by atoms with E-state index in [1.807, 2.05) is 0 Å². The van der Waals surface area contributed by atoms with Crippen LogP contribution in [0.5, 0.6) is 0 Å². The lowest BCUT2D eigenvalue weighted by Gasteiger charge is -1.92. The third-order valence-electron chi connectivity index (χ3n) is 1.34. The number of rotatable bonds is 6. The predicted octanol–water partition coefficient (Wildman–Crippen LogP) is -0.296. The van der Waals surface area contributed by atoms with Crippen LogP contribution >= 0.6 is 0 Å². The van der Waals surface area contributed by atoms with Gasteiger partial charge < -0.3 is 25.2 Å². The van der Waals surface area contributed by atoms with Gasteiger partial charge in [-0.2, -0.15) is 0 Å². The molecule has 0 bridgehead atoms. The van der Waals surface area contributed by atoms with Gasteiger partial charge in [-0.15, -0.1) is 0 Å². The molecule has 0 atom stereocenters. The van der Waals surface area contributed by atoms with Gasteiger partial charge in [0, 0.05) is 12.8 Å². The van der Waals surface area contributed by atoms with Crippen LogP contribution in [0.3, 0.4) is 0 Å². The van der Waals surface area contributed by atoms with E-state index in [1.165, 1.54) is 0 Å². The Labute approximate surface area is 99.6 Å². The van der Waals surface area contributed by atoms with Gasteiger partial charge in [-0.05, 0) is 12.8 Å². The molecule has 0 aliphatic carbocycles. The highest BCUT2D eigenvalue weighted by atomic mass is 16.6. The molecule has 17 heavy (non-hydrogen) atoms. The van der Waals surface area contributed by atoms with E-state index >= 15 is 0 Å². The van der Waals surface area contributed by atoms with E-state index in [4.69, 9.17) is 20.4 Å². The maximum atomic E-state index is 9.90. The first kappa shape index (κ1) is 18.2. The Kier molecular flexibility index (Phi) is 15.9. The van der Waals surface area contributed by atoms with Crippen molar-refractivity contribution in [2.75, 3.05) is 26.4 Å². The summed E-state index contributed by atoms with van der Waals surface area (Å²) in [5.41, 5.74) is 0. The van der Waals surface area contributed by atoms with Gasteiger partial charge in [0.2, 0.25) is 0 Å². The van der Waals surface area contributed by atoms with Gasteiger partial charge in [-0.25, -0.2) is 0 Å². The Hall–Kier alpha value is -1.18. The molecule has 0 spiro atoms. The van der Waals surface area contributed by atoms with Crippen LogP contribution in [-0.2, 0) is 14.3 Å². The number of epoxide rings is 1. The van der Waals surface area contributed by atoms with E-state index in [1.54, 1.807) is 0 Å². The third kappa shape index (κ3) is 39.8. The Morgan fingerprint density at radius 3 is 1.29 bits per heavy atom. The van der Waals surface area contributed by atoms with Gasteiger partial charge in [-0.1, -0.05) is 0 Å². The molecule has 0 aromatic carbocycles. The zero-order valence-electron chi connectivity index (χ0n) is 9.67. The monoisotopic (exact) mass is 252 g/mol. The van der Waals surface area contributed by atoms with E-state index in [-0.39, 0.29) is 26.1 Å². The van der Waals surface area contributed by atoms with Gasteiger partial charge in [0.15, 0.2) is 0 Å². The van der Waals surface area contributed by atoms with E-state index in [9.17, 15) is 9.59 Å². The summed E-state index contributed by atoms with van der Waals surface area (Å²) in [7, 11) is 0. The molecule has 1 aliphatic heterocycles. The molecule has 1 aliphatic rings. The number of hydrogen-bond acceptors (Lipinski definition) is 5. The van der Waals surface area contributed by atoms with Crippen LogP contribution in [0.25, 0.3) is 0 Å². The summed E-state index contributed by atoms with van der Waals surface area (Å²) in [5, 5.41) is 31.5. The van der Waals surface area contributed by atoms with Crippen molar-refractivity contribution in [3.8, 4) is 0 Å². The molecule has 0 amide bonds. The van der Waals surface area contributed by atoms with Crippen LogP contribution in [0, 0.1) is 0 Å². The first-order valence-electron chi connectivity index (χ1n) is 5.27. The average Bonchev–Trinajstić information content (AvgIpc) is 3.12. The molecule has 0 unspecified atom stereocenters. The van der Waals surface area contributed by atoms with Crippen molar-refractivity contribution in [1.82, 2.24) is 0 Å². The number of carboxylic acids is 2. The summed E-state index contributed by atoms with van der Waals surface area (Å²) < 4.78 is 4.50. The van der Waals surface area contributed by atoms with Crippen molar-refractivity contribution < 1.29 is 34.8 Å². The van der Waals surface area contributed by atoms with Gasteiger partial charge >= 0.3 is 11.9 Å². The van der Waals surface area contributed by atoms with Crippen molar-refractivity contribution >= 4 is 11.9 Å². The molecule has 1 fully saturated rings.